The van der Waals surface area contributed by atoms with Crippen LogP contribution in [0.5, 0.6) is 0 Å². The van der Waals surface area contributed by atoms with Crippen molar-refractivity contribution in [1.82, 2.24) is 4.90 Å². The second-order valence-corrected chi connectivity index (χ2v) is 7.48. The summed E-state index contributed by atoms with van der Waals surface area (Å²) in [5.41, 5.74) is -2.87. The maximum atomic E-state index is 12.8. The largest absolute Gasteiger partial charge is 0.438 e. The highest BCUT2D eigenvalue weighted by atomic mass is 32.2. The van der Waals surface area contributed by atoms with Crippen LogP contribution in [-0.4, -0.2) is 47.1 Å². The number of aliphatic imine (C=N–C) groups is 1. The van der Waals surface area contributed by atoms with Crippen molar-refractivity contribution >= 4 is 26.8 Å². The molecular formula is C9H11F3N2O3S2. The van der Waals surface area contributed by atoms with Crippen LogP contribution >= 0.6 is 11.8 Å². The summed E-state index contributed by atoms with van der Waals surface area (Å²) < 4.78 is 61.9. The lowest BCUT2D eigenvalue weighted by Gasteiger charge is -2.40. The van der Waals surface area contributed by atoms with Gasteiger partial charge in [-0.05, 0) is 12.3 Å². The van der Waals surface area contributed by atoms with Crippen molar-refractivity contribution in [1.29, 1.82) is 0 Å². The van der Waals surface area contributed by atoms with Crippen LogP contribution in [0.25, 0.3) is 0 Å². The average Bonchev–Trinajstić information content (AvgIpc) is 2.56. The van der Waals surface area contributed by atoms with E-state index in [9.17, 15) is 26.7 Å². The Morgan fingerprint density at radius 3 is 2.63 bits per heavy atom. The number of amidine groups is 1. The minimum atomic E-state index is -5.02. The van der Waals surface area contributed by atoms with Crippen molar-refractivity contribution in [2.24, 2.45) is 4.99 Å². The van der Waals surface area contributed by atoms with E-state index in [0.29, 0.717) is 5.70 Å². The molecule has 5 nitrogen and oxygen atoms in total. The SMILES string of the molecule is CC1=CSC2=NC(O)(C(F)(F)F)CC(S(C)(=O)=O)N12. The molecule has 0 fully saturated rings. The highest BCUT2D eigenvalue weighted by molar-refractivity contribution is 8.16. The molecule has 2 atom stereocenters. The number of hydrogen-bond acceptors (Lipinski definition) is 6. The number of nitrogens with zero attached hydrogens (tertiary/aromatic N) is 2. The van der Waals surface area contributed by atoms with Gasteiger partial charge in [0.2, 0.25) is 0 Å². The maximum absolute atomic E-state index is 12.8. The summed E-state index contributed by atoms with van der Waals surface area (Å²) in [4.78, 5) is 4.49. The van der Waals surface area contributed by atoms with Gasteiger partial charge in [-0.2, -0.15) is 13.2 Å². The van der Waals surface area contributed by atoms with Gasteiger partial charge in [0.15, 0.2) is 15.0 Å². The highest BCUT2D eigenvalue weighted by Crippen LogP contribution is 2.44. The van der Waals surface area contributed by atoms with E-state index >= 15 is 0 Å². The summed E-state index contributed by atoms with van der Waals surface area (Å²) in [6.45, 7) is 1.58. The molecule has 19 heavy (non-hydrogen) atoms. The molecule has 1 N–H and O–H groups in total. The topological polar surface area (TPSA) is 70.0 Å². The molecule has 0 radical (unpaired) electrons. The Morgan fingerprint density at radius 2 is 2.16 bits per heavy atom. The number of fused-ring (bicyclic) bond motifs is 1. The molecule has 0 spiro atoms. The summed E-state index contributed by atoms with van der Waals surface area (Å²) in [6.07, 6.45) is -5.22. The molecule has 0 aromatic heterocycles. The lowest BCUT2D eigenvalue weighted by Crippen LogP contribution is -2.56. The van der Waals surface area contributed by atoms with Crippen LogP contribution in [0.2, 0.25) is 0 Å². The highest BCUT2D eigenvalue weighted by Gasteiger charge is 2.60. The number of rotatable bonds is 1. The number of halogens is 3. The molecular weight excluding hydrogens is 305 g/mol. The van der Waals surface area contributed by atoms with E-state index < -0.39 is 33.5 Å². The normalized spacial score (nSPS) is 31.9. The van der Waals surface area contributed by atoms with Crippen molar-refractivity contribution < 1.29 is 26.7 Å². The first-order valence-electron chi connectivity index (χ1n) is 5.16. The fourth-order valence-corrected chi connectivity index (χ4v) is 4.12. The van der Waals surface area contributed by atoms with Crippen LogP contribution in [0.4, 0.5) is 13.2 Å². The van der Waals surface area contributed by atoms with E-state index in [4.69, 9.17) is 0 Å². The number of sulfone groups is 1. The zero-order valence-electron chi connectivity index (χ0n) is 9.97. The van der Waals surface area contributed by atoms with Crippen molar-refractivity contribution in [3.05, 3.63) is 11.1 Å². The molecule has 0 aromatic rings. The summed E-state index contributed by atoms with van der Waals surface area (Å²) in [6, 6.07) is 0. The number of hydrogen-bond donors (Lipinski definition) is 1. The van der Waals surface area contributed by atoms with Gasteiger partial charge in [0, 0.05) is 18.4 Å². The van der Waals surface area contributed by atoms with E-state index in [-0.39, 0.29) is 5.17 Å². The molecule has 2 heterocycles. The lowest BCUT2D eigenvalue weighted by atomic mass is 10.1. The second-order valence-electron chi connectivity index (χ2n) is 4.44. The quantitative estimate of drug-likeness (QED) is 0.789. The third-order valence-electron chi connectivity index (χ3n) is 2.90. The van der Waals surface area contributed by atoms with Crippen LogP contribution in [0.1, 0.15) is 13.3 Å². The molecule has 108 valence electrons. The summed E-state index contributed by atoms with van der Waals surface area (Å²) >= 11 is 0.862. The fourth-order valence-electron chi connectivity index (χ4n) is 1.89. The summed E-state index contributed by atoms with van der Waals surface area (Å²) in [5.74, 6) is 0. The van der Waals surface area contributed by atoms with Crippen LogP contribution in [0.3, 0.4) is 0 Å². The van der Waals surface area contributed by atoms with E-state index in [1.165, 1.54) is 10.3 Å². The molecule has 2 aliphatic rings. The zero-order valence-corrected chi connectivity index (χ0v) is 11.6. The smallest absolute Gasteiger partial charge is 0.362 e. The van der Waals surface area contributed by atoms with Crippen molar-refractivity contribution in [2.45, 2.75) is 30.6 Å². The lowest BCUT2D eigenvalue weighted by molar-refractivity contribution is -0.262. The predicted molar refractivity (Wildman–Crippen MR) is 64.9 cm³/mol. The van der Waals surface area contributed by atoms with E-state index in [0.717, 1.165) is 18.0 Å². The Bertz CT molecular complexity index is 570. The first-order valence-corrected chi connectivity index (χ1v) is 7.99. The minimum absolute atomic E-state index is 0.154. The second kappa shape index (κ2) is 4.13. The number of allylic oxidation sites excluding steroid dienone is 1. The molecule has 0 saturated heterocycles. The first kappa shape index (κ1) is 14.7. The van der Waals surface area contributed by atoms with Gasteiger partial charge in [-0.15, -0.1) is 0 Å². The average molecular weight is 316 g/mol. The molecule has 2 rings (SSSR count). The van der Waals surface area contributed by atoms with Crippen LogP contribution in [0.15, 0.2) is 16.1 Å². The Morgan fingerprint density at radius 1 is 1.58 bits per heavy atom. The van der Waals surface area contributed by atoms with Gasteiger partial charge >= 0.3 is 6.18 Å². The molecule has 0 aromatic carbocycles. The van der Waals surface area contributed by atoms with Crippen LogP contribution in [-0.2, 0) is 9.84 Å². The monoisotopic (exact) mass is 316 g/mol. The standard InChI is InChI=1S/C9H11F3N2O3S2/c1-5-4-18-7-13-8(15,9(10,11)12)3-6(14(5)7)19(2,16)17/h4,6,15H,3H2,1-2H3. The molecule has 10 heteroatoms. The van der Waals surface area contributed by atoms with E-state index in [2.05, 4.69) is 4.99 Å². The fraction of sp³-hybridized carbons (Fsp3) is 0.667. The van der Waals surface area contributed by atoms with Gasteiger partial charge in [-0.1, -0.05) is 11.8 Å². The van der Waals surface area contributed by atoms with Gasteiger partial charge in [0.25, 0.3) is 5.72 Å². The Labute approximate surface area is 112 Å². The predicted octanol–water partition coefficient (Wildman–Crippen LogP) is 1.28. The molecule has 0 aliphatic carbocycles. The number of aliphatic hydroxyl groups is 1. The molecule has 2 aliphatic heterocycles. The van der Waals surface area contributed by atoms with E-state index in [1.54, 1.807) is 6.92 Å². The molecule has 0 saturated carbocycles. The van der Waals surface area contributed by atoms with Crippen molar-refractivity contribution in [2.75, 3.05) is 6.26 Å². The molecule has 0 amide bonds. The van der Waals surface area contributed by atoms with Gasteiger partial charge < -0.3 is 10.0 Å². The first-order chi connectivity index (χ1) is 8.46. The van der Waals surface area contributed by atoms with Gasteiger partial charge in [-0.3, -0.25) is 0 Å². The van der Waals surface area contributed by atoms with Gasteiger partial charge in [0.05, 0.1) is 0 Å². The van der Waals surface area contributed by atoms with Gasteiger partial charge in [0.1, 0.15) is 5.37 Å². The Kier molecular flexibility index (Phi) is 3.18. The van der Waals surface area contributed by atoms with E-state index in [1.807, 2.05) is 0 Å². The maximum Gasteiger partial charge on any atom is 0.438 e. The minimum Gasteiger partial charge on any atom is -0.362 e. The Balaban J connectivity index is 2.55. The summed E-state index contributed by atoms with van der Waals surface area (Å²) in [5, 5.41) is 9.51. The number of alkyl halides is 3. The van der Waals surface area contributed by atoms with Crippen molar-refractivity contribution in [3.8, 4) is 0 Å². The molecule has 2 unspecified atom stereocenters. The number of thioether (sulfide) groups is 1. The molecule has 0 bridgehead atoms. The Hall–Kier alpha value is -0.740. The third kappa shape index (κ3) is 2.36. The van der Waals surface area contributed by atoms with Crippen LogP contribution in [0, 0.1) is 0 Å². The van der Waals surface area contributed by atoms with Gasteiger partial charge in [-0.25, -0.2) is 13.4 Å². The van der Waals surface area contributed by atoms with Crippen molar-refractivity contribution in [3.63, 3.8) is 0 Å². The zero-order chi connectivity index (χ0) is 14.6. The summed E-state index contributed by atoms with van der Waals surface area (Å²) in [7, 11) is -3.81. The van der Waals surface area contributed by atoms with Crippen LogP contribution < -0.4 is 0 Å². The third-order valence-corrected chi connectivity index (χ3v) is 5.22.